The zero-order chi connectivity index (χ0) is 70.2. The van der Waals surface area contributed by atoms with Crippen LogP contribution in [0.1, 0.15) is 173 Å². The molecule has 31 nitrogen and oxygen atoms in total. The van der Waals surface area contributed by atoms with Crippen LogP contribution in [-0.2, 0) is 76.1 Å². The van der Waals surface area contributed by atoms with Crippen LogP contribution in [0.15, 0.2) is 0 Å². The molecule has 25 unspecified atom stereocenters. The summed E-state index contributed by atoms with van der Waals surface area (Å²) >= 11 is 0. The average Bonchev–Trinajstić information content (AvgIpc) is 2.38. The molecule has 5 rings (SSSR count). The van der Waals surface area contributed by atoms with Crippen molar-refractivity contribution in [2.75, 3.05) is 14.2 Å². The second kappa shape index (κ2) is 19.1. The highest BCUT2D eigenvalue weighted by atomic mass is 16.8. The second-order valence-electron chi connectivity index (χ2n) is 28.6. The van der Waals surface area contributed by atoms with Crippen LogP contribution in [0.3, 0.4) is 0 Å². The monoisotopic (exact) mass is 1280 g/mol. The largest absolute Gasteiger partial charge is 0.479 e. The predicted octanol–water partition coefficient (Wildman–Crippen LogP) is -0.402. The van der Waals surface area contributed by atoms with E-state index in [1.807, 2.05) is 0 Å². The van der Waals surface area contributed by atoms with E-state index >= 15 is 0 Å². The van der Waals surface area contributed by atoms with Gasteiger partial charge in [-0.2, -0.15) is 0 Å². The van der Waals surface area contributed by atoms with Gasteiger partial charge in [0.25, 0.3) is 0 Å². The molecule has 0 bridgehead atoms. The molecule has 0 saturated carbocycles. The molecule has 5 fully saturated rings. The third-order valence-corrected chi connectivity index (χ3v) is 24.8. The van der Waals surface area contributed by atoms with Crippen LogP contribution in [-0.4, -0.2) is 262 Å². The molecule has 15 N–H and O–H groups in total. The van der Waals surface area contributed by atoms with Crippen molar-refractivity contribution in [1.82, 2.24) is 0 Å². The van der Waals surface area contributed by atoms with Crippen LogP contribution in [0, 0.1) is 0 Å². The Labute approximate surface area is 509 Å². The minimum Gasteiger partial charge on any atom is -0.479 e. The molecule has 0 aromatic rings. The lowest BCUT2D eigenvalue weighted by Gasteiger charge is -2.73. The van der Waals surface area contributed by atoms with E-state index in [1.54, 1.807) is 0 Å². The van der Waals surface area contributed by atoms with Crippen LogP contribution >= 0.6 is 0 Å². The average molecular weight is 1280 g/mol. The highest BCUT2D eigenvalue weighted by Gasteiger charge is 2.89. The van der Waals surface area contributed by atoms with Crippen molar-refractivity contribution in [3.05, 3.63) is 0 Å². The zero-order valence-electron chi connectivity index (χ0n) is 55.2. The molecular weight excluding hydrogens is 1180 g/mol. The van der Waals surface area contributed by atoms with Crippen molar-refractivity contribution >= 4 is 29.8 Å². The van der Waals surface area contributed by atoms with Gasteiger partial charge >= 0.3 is 29.8 Å². The lowest BCUT2D eigenvalue weighted by Crippen LogP contribution is -2.93. The van der Waals surface area contributed by atoms with E-state index in [4.69, 9.17) is 52.1 Å². The Morgan fingerprint density at radius 2 is 0.364 bits per heavy atom. The van der Waals surface area contributed by atoms with Crippen LogP contribution in [0.2, 0.25) is 0 Å². The molecule has 0 amide bonds. The molecule has 0 aromatic carbocycles. The maximum absolute atomic E-state index is 14.2. The van der Waals surface area contributed by atoms with Gasteiger partial charge < -0.3 is 129 Å². The van der Waals surface area contributed by atoms with Gasteiger partial charge in [-0.15, -0.1) is 0 Å². The Morgan fingerprint density at radius 3 is 0.511 bits per heavy atom. The number of hydrogen-bond donors (Lipinski definition) is 15. The van der Waals surface area contributed by atoms with Gasteiger partial charge in [0.15, 0.2) is 56.9 Å². The summed E-state index contributed by atoms with van der Waals surface area (Å²) in [5, 5.41) is 184. The number of carbonyl (C=O) groups is 5. The van der Waals surface area contributed by atoms with Crippen molar-refractivity contribution in [3.8, 4) is 0 Å². The molecular formula is C57H96O31. The Balaban J connectivity index is 1.73. The quantitative estimate of drug-likeness (QED) is 0.0992. The van der Waals surface area contributed by atoms with Gasteiger partial charge in [-0.3, -0.25) is 0 Å². The fourth-order valence-corrected chi connectivity index (χ4v) is 14.5. The molecule has 0 aliphatic carbocycles. The van der Waals surface area contributed by atoms with Gasteiger partial charge in [0, 0.05) is 14.2 Å². The first-order valence-electron chi connectivity index (χ1n) is 28.0. The van der Waals surface area contributed by atoms with Gasteiger partial charge in [0.2, 0.25) is 0 Å². The number of ether oxygens (including phenoxy) is 11. The van der Waals surface area contributed by atoms with Crippen molar-refractivity contribution in [1.29, 1.82) is 0 Å². The molecule has 5 saturated heterocycles. The summed E-state index contributed by atoms with van der Waals surface area (Å²) in [5.74, 6) is -25.1. The Morgan fingerprint density at radius 1 is 0.227 bits per heavy atom. The van der Waals surface area contributed by atoms with Crippen molar-refractivity contribution < 1.29 is 153 Å². The summed E-state index contributed by atoms with van der Waals surface area (Å²) in [6, 6.07) is 0. The topological polar surface area (TPSA) is 490 Å². The predicted molar refractivity (Wildman–Crippen MR) is 294 cm³/mol. The summed E-state index contributed by atoms with van der Waals surface area (Å²) < 4.78 is 67.7. The molecule has 0 radical (unpaired) electrons. The standard InChI is InChI=1S/C57H96O31/c1-33(28(58)59)48(16,78-26)38(6,68)44(12,74)54(22,81-33)86-50(18)35(3,30(62)63)83-56(24,46(14,76)40(50,8)70)88-52(20)37(5,32(66)67)84-57(25,47(15,77)42(52,10)72)87-51(19)36(4,31(64)65)82-55(23,45(13,75)41(51,9)71)85-49(17)34(2,29(60)61)80-53(21,79-27)43(11,73)39(49,7)69/h68-77H,1-27H3,(H,58,59)(H,60,61)(H,62,63)(H,64,65)(H,66,67). The molecule has 5 aliphatic rings. The van der Waals surface area contributed by atoms with Crippen molar-refractivity contribution in [2.45, 2.75) is 314 Å². The first-order chi connectivity index (χ1) is 38.2. The smallest absolute Gasteiger partial charge is 0.338 e. The SMILES string of the molecule is COC1(C)OC(C)(C(=O)O)C(C)(OC2(C)OC(C)(C(=O)O)C(C)(OC3(C)OC(C)(C(=O)O)C(C)(OC4(C)OC(C)(C(=O)O)C(C)(OC5(C)OC(C)(C(=O)O)C(C)(OC)C(C)(O)C5(C)O)C(C)(O)C4(C)O)C(C)(O)C3(C)O)C(C)(O)C2(C)O)C(C)(O)C1(C)O. The first kappa shape index (κ1) is 75.2. The number of hydrogen-bond acceptors (Lipinski definition) is 26. The summed E-state index contributed by atoms with van der Waals surface area (Å²) in [6.07, 6.45) is 0. The van der Waals surface area contributed by atoms with Crippen LogP contribution < -0.4 is 0 Å². The van der Waals surface area contributed by atoms with E-state index in [9.17, 15) is 101 Å². The van der Waals surface area contributed by atoms with E-state index < -0.39 is 171 Å². The van der Waals surface area contributed by atoms with Gasteiger partial charge in [-0.05, 0) is 173 Å². The number of aliphatic hydroxyl groups is 10. The number of carboxylic acids is 5. The highest BCUT2D eigenvalue weighted by Crippen LogP contribution is 2.68. The number of aliphatic carboxylic acids is 5. The van der Waals surface area contributed by atoms with E-state index in [0.717, 1.165) is 180 Å². The molecule has 510 valence electrons. The molecule has 88 heavy (non-hydrogen) atoms. The van der Waals surface area contributed by atoms with E-state index in [2.05, 4.69) is 0 Å². The summed E-state index contributed by atoms with van der Waals surface area (Å²) in [6.45, 7) is 21.3. The molecule has 25 atom stereocenters. The number of methoxy groups -OCH3 is 2. The Bertz CT molecular complexity index is 2920. The minimum absolute atomic E-state index is 0.711. The Hall–Kier alpha value is -3.49. The summed E-state index contributed by atoms with van der Waals surface area (Å²) in [5.41, 5.74) is -61.4. The van der Waals surface area contributed by atoms with Crippen LogP contribution in [0.25, 0.3) is 0 Å². The van der Waals surface area contributed by atoms with Crippen LogP contribution in [0.5, 0.6) is 0 Å². The van der Waals surface area contributed by atoms with Gasteiger partial charge in [0.05, 0.1) is 0 Å². The number of carboxylic acid groups (broad SMARTS) is 5. The molecule has 0 aromatic heterocycles. The first-order valence-corrected chi connectivity index (χ1v) is 28.0. The third-order valence-electron chi connectivity index (χ3n) is 24.8. The van der Waals surface area contributed by atoms with Crippen LogP contribution in [0.4, 0.5) is 0 Å². The van der Waals surface area contributed by atoms with Crippen molar-refractivity contribution in [3.63, 3.8) is 0 Å². The van der Waals surface area contributed by atoms with E-state index in [-0.39, 0.29) is 0 Å². The van der Waals surface area contributed by atoms with Gasteiger partial charge in [-0.25, -0.2) is 24.0 Å². The minimum atomic E-state index is -3.39. The molecule has 31 heteroatoms. The summed E-state index contributed by atoms with van der Waals surface area (Å²) in [4.78, 5) is 69.0. The lowest BCUT2D eigenvalue weighted by molar-refractivity contribution is -0.544. The van der Waals surface area contributed by atoms with Gasteiger partial charge in [0.1, 0.15) is 84.0 Å². The molecule has 5 aliphatic heterocycles. The molecule has 5 heterocycles. The highest BCUT2D eigenvalue weighted by molar-refractivity contribution is 5.83. The maximum atomic E-state index is 14.2. The van der Waals surface area contributed by atoms with E-state index in [0.29, 0.717) is 6.92 Å². The fourth-order valence-electron chi connectivity index (χ4n) is 14.5. The summed E-state index contributed by atoms with van der Waals surface area (Å²) in [7, 11) is 2.04. The lowest BCUT2D eigenvalue weighted by atomic mass is 9.57. The second-order valence-corrected chi connectivity index (χ2v) is 28.6. The zero-order valence-corrected chi connectivity index (χ0v) is 55.2. The normalized spacial score (nSPS) is 59.2. The fraction of sp³-hybridized carbons (Fsp3) is 0.912. The third kappa shape index (κ3) is 7.72. The van der Waals surface area contributed by atoms with E-state index in [1.165, 1.54) is 0 Å². The van der Waals surface area contributed by atoms with Crippen molar-refractivity contribution in [2.24, 2.45) is 0 Å². The number of rotatable bonds is 15. The maximum Gasteiger partial charge on any atom is 0.338 e. The molecule has 0 spiro atoms. The Kier molecular flexibility index (Phi) is 16.3. The van der Waals surface area contributed by atoms with Gasteiger partial charge in [-0.1, -0.05) is 0 Å².